The van der Waals surface area contributed by atoms with Crippen molar-refractivity contribution in [1.82, 2.24) is 4.31 Å². The van der Waals surface area contributed by atoms with E-state index in [1.54, 1.807) is 42.5 Å². The Morgan fingerprint density at radius 1 is 0.941 bits per heavy atom. The van der Waals surface area contributed by atoms with E-state index in [4.69, 9.17) is 4.74 Å². The molecule has 0 saturated carbocycles. The molecule has 0 atom stereocenters. The van der Waals surface area contributed by atoms with Crippen molar-refractivity contribution in [2.24, 2.45) is 0 Å². The van der Waals surface area contributed by atoms with Crippen molar-refractivity contribution in [3.63, 3.8) is 0 Å². The van der Waals surface area contributed by atoms with Crippen molar-refractivity contribution in [2.75, 3.05) is 23.8 Å². The van der Waals surface area contributed by atoms with Crippen LogP contribution in [0, 0.1) is 0 Å². The molecule has 0 fully saturated rings. The van der Waals surface area contributed by atoms with Crippen molar-refractivity contribution in [2.45, 2.75) is 37.6 Å². The van der Waals surface area contributed by atoms with E-state index in [1.165, 1.54) is 4.31 Å². The summed E-state index contributed by atoms with van der Waals surface area (Å²) in [6.07, 6.45) is 2.70. The summed E-state index contributed by atoms with van der Waals surface area (Å²) in [5, 5.41) is 5.64. The smallest absolute Gasteiger partial charge is 0.323 e. The largest absolute Gasteiger partial charge is 0.494 e. The van der Waals surface area contributed by atoms with Crippen molar-refractivity contribution in [3.05, 3.63) is 83.9 Å². The third kappa shape index (κ3) is 5.76. The molecule has 7 nitrogen and oxygen atoms in total. The molecular weight excluding hydrogens is 450 g/mol. The number of unbranched alkanes of at least 4 members (excludes halogenated alkanes) is 1. The summed E-state index contributed by atoms with van der Waals surface area (Å²) in [5.74, 6) is 0.768. The summed E-state index contributed by atoms with van der Waals surface area (Å²) in [6, 6.07) is 20.9. The first-order valence-electron chi connectivity index (χ1n) is 11.4. The SMILES string of the molecule is CCCCOc1ccc(NC(=O)Nc2ccc3c(c2)CN(S(=O)(=O)c2ccccc2)CC3)cc1. The minimum Gasteiger partial charge on any atom is -0.494 e. The van der Waals surface area contributed by atoms with Crippen LogP contribution in [0.4, 0.5) is 16.2 Å². The molecule has 0 aromatic heterocycles. The molecule has 178 valence electrons. The van der Waals surface area contributed by atoms with Crippen LogP contribution in [0.2, 0.25) is 0 Å². The van der Waals surface area contributed by atoms with Gasteiger partial charge in [0, 0.05) is 24.5 Å². The minimum atomic E-state index is -3.57. The van der Waals surface area contributed by atoms with Crippen molar-refractivity contribution < 1.29 is 17.9 Å². The number of sulfonamides is 1. The maximum Gasteiger partial charge on any atom is 0.323 e. The third-order valence-electron chi connectivity index (χ3n) is 5.70. The lowest BCUT2D eigenvalue weighted by Gasteiger charge is -2.28. The third-order valence-corrected chi connectivity index (χ3v) is 7.56. The second-order valence-corrected chi connectivity index (χ2v) is 10.1. The summed E-state index contributed by atoms with van der Waals surface area (Å²) in [7, 11) is -3.57. The van der Waals surface area contributed by atoms with Crippen LogP contribution in [-0.2, 0) is 23.0 Å². The van der Waals surface area contributed by atoms with Crippen LogP contribution >= 0.6 is 0 Å². The van der Waals surface area contributed by atoms with E-state index in [-0.39, 0.29) is 17.5 Å². The highest BCUT2D eigenvalue weighted by atomic mass is 32.2. The number of ether oxygens (including phenoxy) is 1. The first-order valence-corrected chi connectivity index (χ1v) is 12.9. The lowest BCUT2D eigenvalue weighted by atomic mass is 10.0. The summed E-state index contributed by atoms with van der Waals surface area (Å²) >= 11 is 0. The minimum absolute atomic E-state index is 0.267. The average Bonchev–Trinajstić information content (AvgIpc) is 2.85. The highest BCUT2D eigenvalue weighted by Crippen LogP contribution is 2.27. The van der Waals surface area contributed by atoms with Gasteiger partial charge in [-0.15, -0.1) is 0 Å². The van der Waals surface area contributed by atoms with Gasteiger partial charge in [-0.25, -0.2) is 13.2 Å². The molecule has 34 heavy (non-hydrogen) atoms. The predicted octanol–water partition coefficient (Wildman–Crippen LogP) is 5.26. The summed E-state index contributed by atoms with van der Waals surface area (Å²) in [6.45, 7) is 3.48. The highest BCUT2D eigenvalue weighted by molar-refractivity contribution is 7.89. The molecule has 8 heteroatoms. The fourth-order valence-corrected chi connectivity index (χ4v) is 5.26. The Morgan fingerprint density at radius 2 is 1.65 bits per heavy atom. The highest BCUT2D eigenvalue weighted by Gasteiger charge is 2.28. The van der Waals surface area contributed by atoms with Crippen LogP contribution in [0.25, 0.3) is 0 Å². The molecule has 1 aliphatic heterocycles. The number of urea groups is 1. The van der Waals surface area contributed by atoms with E-state index in [1.807, 2.05) is 30.3 Å². The van der Waals surface area contributed by atoms with E-state index >= 15 is 0 Å². The van der Waals surface area contributed by atoms with Gasteiger partial charge in [-0.3, -0.25) is 0 Å². The summed E-state index contributed by atoms with van der Waals surface area (Å²) < 4.78 is 33.1. The quantitative estimate of drug-likeness (QED) is 0.432. The lowest BCUT2D eigenvalue weighted by molar-refractivity contribution is 0.262. The molecular formula is C26H29N3O4S. The molecule has 0 bridgehead atoms. The second kappa shape index (κ2) is 10.7. The molecule has 2 N–H and O–H groups in total. The van der Waals surface area contributed by atoms with Crippen LogP contribution in [0.5, 0.6) is 5.75 Å². The number of amides is 2. The number of carbonyl (C=O) groups excluding carboxylic acids is 1. The van der Waals surface area contributed by atoms with Crippen molar-refractivity contribution in [3.8, 4) is 5.75 Å². The molecule has 0 radical (unpaired) electrons. The Labute approximate surface area is 200 Å². The van der Waals surface area contributed by atoms with E-state index < -0.39 is 10.0 Å². The standard InChI is InChI=1S/C26H29N3O4S/c1-2-3-17-33-24-13-11-22(12-14-24)27-26(30)28-23-10-9-20-15-16-29(19-21(20)18-23)34(31,32)25-7-5-4-6-8-25/h4-14,18H,2-3,15-17,19H2,1H3,(H2,27,28,30). The molecule has 1 heterocycles. The number of anilines is 2. The monoisotopic (exact) mass is 479 g/mol. The van der Waals surface area contributed by atoms with Crippen LogP contribution < -0.4 is 15.4 Å². The number of benzene rings is 3. The van der Waals surface area contributed by atoms with Crippen molar-refractivity contribution in [1.29, 1.82) is 0 Å². The number of nitrogens with zero attached hydrogens (tertiary/aromatic N) is 1. The first kappa shape index (κ1) is 23.8. The molecule has 0 aliphatic carbocycles. The number of hydrogen-bond donors (Lipinski definition) is 2. The number of nitrogens with one attached hydrogen (secondary N) is 2. The fourth-order valence-electron chi connectivity index (χ4n) is 3.82. The molecule has 3 aromatic carbocycles. The van der Waals surface area contributed by atoms with E-state index in [0.717, 1.165) is 29.7 Å². The van der Waals surface area contributed by atoms with E-state index in [0.29, 0.717) is 30.9 Å². The lowest BCUT2D eigenvalue weighted by Crippen LogP contribution is -2.36. The molecule has 0 spiro atoms. The summed E-state index contributed by atoms with van der Waals surface area (Å²) in [4.78, 5) is 12.8. The van der Waals surface area contributed by atoms with Crippen LogP contribution in [0.15, 0.2) is 77.7 Å². The number of carbonyl (C=O) groups is 1. The number of hydrogen-bond acceptors (Lipinski definition) is 4. The molecule has 2 amide bonds. The Balaban J connectivity index is 1.38. The Morgan fingerprint density at radius 3 is 2.38 bits per heavy atom. The normalized spacial score (nSPS) is 13.7. The van der Waals surface area contributed by atoms with Crippen LogP contribution in [0.3, 0.4) is 0 Å². The van der Waals surface area contributed by atoms with Gasteiger partial charge in [0.2, 0.25) is 10.0 Å². The number of fused-ring (bicyclic) bond motifs is 1. The fraction of sp³-hybridized carbons (Fsp3) is 0.269. The molecule has 0 unspecified atom stereocenters. The number of rotatable bonds is 8. The van der Waals surface area contributed by atoms with E-state index in [9.17, 15) is 13.2 Å². The molecule has 3 aromatic rings. The zero-order chi connectivity index (χ0) is 24.0. The Hall–Kier alpha value is -3.36. The van der Waals surface area contributed by atoms with Crippen molar-refractivity contribution >= 4 is 27.4 Å². The maximum absolute atomic E-state index is 13.0. The summed E-state index contributed by atoms with van der Waals surface area (Å²) in [5.41, 5.74) is 3.23. The first-order chi connectivity index (χ1) is 16.5. The predicted molar refractivity (Wildman–Crippen MR) is 134 cm³/mol. The zero-order valence-electron chi connectivity index (χ0n) is 19.2. The van der Waals surface area contributed by atoms with Gasteiger partial charge in [-0.2, -0.15) is 4.31 Å². The van der Waals surface area contributed by atoms with E-state index in [2.05, 4.69) is 17.6 Å². The van der Waals surface area contributed by atoms with Gasteiger partial charge in [-0.1, -0.05) is 37.6 Å². The van der Waals surface area contributed by atoms with Crippen LogP contribution in [0.1, 0.15) is 30.9 Å². The zero-order valence-corrected chi connectivity index (χ0v) is 20.0. The maximum atomic E-state index is 13.0. The molecule has 1 aliphatic rings. The topological polar surface area (TPSA) is 87.7 Å². The van der Waals surface area contributed by atoms with Gasteiger partial charge < -0.3 is 15.4 Å². The van der Waals surface area contributed by atoms with Gasteiger partial charge in [0.25, 0.3) is 0 Å². The van der Waals surface area contributed by atoms with Gasteiger partial charge in [0.15, 0.2) is 0 Å². The Kier molecular flexibility index (Phi) is 7.49. The van der Waals surface area contributed by atoms with Gasteiger partial charge in [-0.05, 0) is 72.5 Å². The second-order valence-electron chi connectivity index (χ2n) is 8.19. The van der Waals surface area contributed by atoms with Gasteiger partial charge in [0.1, 0.15) is 5.75 Å². The average molecular weight is 480 g/mol. The molecule has 4 rings (SSSR count). The van der Waals surface area contributed by atoms with Crippen LogP contribution in [-0.4, -0.2) is 31.9 Å². The Bertz CT molecular complexity index is 1230. The van der Waals surface area contributed by atoms with Gasteiger partial charge >= 0.3 is 6.03 Å². The molecule has 0 saturated heterocycles. The van der Waals surface area contributed by atoms with Gasteiger partial charge in [0.05, 0.1) is 11.5 Å².